The van der Waals surface area contributed by atoms with Crippen LogP contribution in [0.2, 0.25) is 0 Å². The Morgan fingerprint density at radius 2 is 1.92 bits per heavy atom. The minimum atomic E-state index is -0.852. The molecule has 0 radical (unpaired) electrons. The molecule has 9 heteroatoms. The number of carbonyl (C=O) groups is 2. The number of methoxy groups -OCH3 is 1. The highest BCUT2D eigenvalue weighted by Gasteiger charge is 2.19. The number of carbonyl (C=O) groups excluding carboxylic acids is 2. The van der Waals surface area contributed by atoms with Gasteiger partial charge in [-0.25, -0.2) is 4.39 Å². The summed E-state index contributed by atoms with van der Waals surface area (Å²) in [6.07, 6.45) is 0. The van der Waals surface area contributed by atoms with E-state index in [9.17, 15) is 24.1 Å². The predicted molar refractivity (Wildman–Crippen MR) is 84.0 cm³/mol. The third kappa shape index (κ3) is 4.50. The fraction of sp³-hybridized carbons (Fsp3) is 0.125. The van der Waals surface area contributed by atoms with E-state index in [1.165, 1.54) is 13.2 Å². The minimum Gasteiger partial charge on any atom is -0.496 e. The molecule has 0 aliphatic rings. The van der Waals surface area contributed by atoms with Crippen LogP contribution in [0.4, 0.5) is 10.1 Å². The number of amides is 2. The molecule has 0 atom stereocenters. The number of para-hydroxylation sites is 1. The Morgan fingerprint density at radius 1 is 1.20 bits per heavy atom. The third-order valence-electron chi connectivity index (χ3n) is 3.08. The van der Waals surface area contributed by atoms with E-state index in [0.29, 0.717) is 0 Å². The smallest absolute Gasteiger partial charge is 0.311 e. The van der Waals surface area contributed by atoms with Gasteiger partial charge in [-0.05, 0) is 18.2 Å². The van der Waals surface area contributed by atoms with Crippen LogP contribution in [-0.4, -0.2) is 30.5 Å². The molecular weight excluding hydrogens is 335 g/mol. The normalized spacial score (nSPS) is 10.0. The van der Waals surface area contributed by atoms with Crippen molar-refractivity contribution in [3.63, 3.8) is 0 Å². The van der Waals surface area contributed by atoms with Crippen molar-refractivity contribution >= 4 is 17.5 Å². The lowest BCUT2D eigenvalue weighted by atomic mass is 10.2. The van der Waals surface area contributed by atoms with Crippen LogP contribution in [0.15, 0.2) is 42.5 Å². The molecule has 0 aromatic heterocycles. The molecule has 0 spiro atoms. The Kier molecular flexibility index (Phi) is 5.62. The first kappa shape index (κ1) is 17.9. The number of nitrogens with one attached hydrogen (secondary N) is 1. The number of nitro groups is 1. The molecule has 0 aliphatic carbocycles. The van der Waals surface area contributed by atoms with E-state index in [-0.39, 0.29) is 11.3 Å². The van der Waals surface area contributed by atoms with E-state index in [1.807, 2.05) is 0 Å². The number of hydrogen-bond donors (Lipinski definition) is 1. The van der Waals surface area contributed by atoms with Gasteiger partial charge in [0.15, 0.2) is 6.61 Å². The number of nitrogens with zero attached hydrogens (tertiary/aromatic N) is 1. The van der Waals surface area contributed by atoms with Crippen molar-refractivity contribution in [3.05, 3.63) is 64.0 Å². The summed E-state index contributed by atoms with van der Waals surface area (Å²) >= 11 is 0. The molecule has 2 amide bonds. The number of halogens is 1. The van der Waals surface area contributed by atoms with Crippen molar-refractivity contribution in [2.45, 2.75) is 0 Å². The quantitative estimate of drug-likeness (QED) is 0.632. The molecule has 2 rings (SSSR count). The highest BCUT2D eigenvalue weighted by molar-refractivity contribution is 6.06. The second-order valence-corrected chi connectivity index (χ2v) is 4.74. The van der Waals surface area contributed by atoms with Gasteiger partial charge in [0.05, 0.1) is 17.6 Å². The molecule has 0 heterocycles. The van der Waals surface area contributed by atoms with Crippen molar-refractivity contribution in [2.24, 2.45) is 0 Å². The Bertz CT molecular complexity index is 824. The Hall–Kier alpha value is -3.49. The molecule has 2 aromatic carbocycles. The van der Waals surface area contributed by atoms with Gasteiger partial charge in [0.25, 0.3) is 11.8 Å². The van der Waals surface area contributed by atoms with Crippen LogP contribution < -0.4 is 14.8 Å². The van der Waals surface area contributed by atoms with Crippen LogP contribution in [0.5, 0.6) is 11.5 Å². The first-order chi connectivity index (χ1) is 11.9. The highest BCUT2D eigenvalue weighted by atomic mass is 19.1. The minimum absolute atomic E-state index is 0.134. The average molecular weight is 348 g/mol. The maximum atomic E-state index is 13.2. The van der Waals surface area contributed by atoms with E-state index in [0.717, 1.165) is 18.2 Å². The zero-order valence-corrected chi connectivity index (χ0v) is 13.0. The van der Waals surface area contributed by atoms with E-state index >= 15 is 0 Å². The summed E-state index contributed by atoms with van der Waals surface area (Å²) in [6.45, 7) is -0.703. The number of imide groups is 1. The highest BCUT2D eigenvalue weighted by Crippen LogP contribution is 2.27. The van der Waals surface area contributed by atoms with Gasteiger partial charge in [0.2, 0.25) is 5.75 Å². The van der Waals surface area contributed by atoms with Gasteiger partial charge in [0, 0.05) is 12.1 Å². The summed E-state index contributed by atoms with van der Waals surface area (Å²) in [5.74, 6) is -2.47. The lowest BCUT2D eigenvalue weighted by Crippen LogP contribution is -2.34. The zero-order chi connectivity index (χ0) is 18.4. The number of ether oxygens (including phenoxy) is 2. The standard InChI is InChI=1S/C16H13FN2O6/c1-24-13-5-3-2-4-11(13)16(21)18-15(20)9-25-14-8-10(17)6-7-12(14)19(22)23/h2-8H,9H2,1H3,(H,18,20,21). The van der Waals surface area contributed by atoms with E-state index < -0.39 is 40.6 Å². The number of rotatable bonds is 6. The summed E-state index contributed by atoms with van der Waals surface area (Å²) in [4.78, 5) is 33.9. The van der Waals surface area contributed by atoms with Gasteiger partial charge < -0.3 is 9.47 Å². The van der Waals surface area contributed by atoms with E-state index in [2.05, 4.69) is 5.32 Å². The van der Waals surface area contributed by atoms with Gasteiger partial charge in [-0.3, -0.25) is 25.0 Å². The summed E-state index contributed by atoms with van der Waals surface area (Å²) in [6, 6.07) is 8.86. The average Bonchev–Trinajstić information content (AvgIpc) is 2.59. The van der Waals surface area contributed by atoms with Crippen molar-refractivity contribution in [1.82, 2.24) is 5.32 Å². The summed E-state index contributed by atoms with van der Waals surface area (Å²) in [5, 5.41) is 12.9. The molecular formula is C16H13FN2O6. The van der Waals surface area contributed by atoms with Crippen molar-refractivity contribution in [2.75, 3.05) is 13.7 Å². The van der Waals surface area contributed by atoms with E-state index in [4.69, 9.17) is 9.47 Å². The van der Waals surface area contributed by atoms with Gasteiger partial charge in [-0.2, -0.15) is 0 Å². The number of hydrogen-bond acceptors (Lipinski definition) is 6. The van der Waals surface area contributed by atoms with Crippen molar-refractivity contribution in [1.29, 1.82) is 0 Å². The van der Waals surface area contributed by atoms with Crippen LogP contribution in [0, 0.1) is 15.9 Å². The molecule has 0 bridgehead atoms. The topological polar surface area (TPSA) is 108 Å². The fourth-order valence-electron chi connectivity index (χ4n) is 1.96. The molecule has 8 nitrogen and oxygen atoms in total. The maximum absolute atomic E-state index is 13.2. The fourth-order valence-corrected chi connectivity index (χ4v) is 1.96. The molecule has 0 fully saturated rings. The first-order valence-electron chi connectivity index (χ1n) is 6.96. The van der Waals surface area contributed by atoms with Gasteiger partial charge >= 0.3 is 5.69 Å². The molecule has 1 N–H and O–H groups in total. The molecule has 0 saturated heterocycles. The zero-order valence-electron chi connectivity index (χ0n) is 13.0. The second kappa shape index (κ2) is 7.86. The number of nitro benzene ring substituents is 1. The van der Waals surface area contributed by atoms with Gasteiger partial charge in [-0.1, -0.05) is 12.1 Å². The molecule has 0 unspecified atom stereocenters. The summed E-state index contributed by atoms with van der Waals surface area (Å²) in [5.41, 5.74) is -0.361. The van der Waals surface area contributed by atoms with Crippen LogP contribution >= 0.6 is 0 Å². The van der Waals surface area contributed by atoms with Crippen molar-refractivity contribution < 1.29 is 28.4 Å². The molecule has 25 heavy (non-hydrogen) atoms. The van der Waals surface area contributed by atoms with Gasteiger partial charge in [0.1, 0.15) is 11.6 Å². The molecule has 2 aromatic rings. The third-order valence-corrected chi connectivity index (χ3v) is 3.08. The Labute approximate surface area is 141 Å². The lowest BCUT2D eigenvalue weighted by Gasteiger charge is -2.09. The molecule has 130 valence electrons. The first-order valence-corrected chi connectivity index (χ1v) is 6.96. The Morgan fingerprint density at radius 3 is 2.60 bits per heavy atom. The Balaban J connectivity index is 2.03. The largest absolute Gasteiger partial charge is 0.496 e. The SMILES string of the molecule is COc1ccccc1C(=O)NC(=O)COc1cc(F)ccc1[N+](=O)[O-]. The monoisotopic (exact) mass is 348 g/mol. The maximum Gasteiger partial charge on any atom is 0.311 e. The summed E-state index contributed by atoms with van der Waals surface area (Å²) < 4.78 is 23.1. The van der Waals surface area contributed by atoms with Crippen LogP contribution in [-0.2, 0) is 4.79 Å². The summed E-state index contributed by atoms with van der Waals surface area (Å²) in [7, 11) is 1.38. The number of benzene rings is 2. The van der Waals surface area contributed by atoms with Crippen LogP contribution in [0.1, 0.15) is 10.4 Å². The van der Waals surface area contributed by atoms with Gasteiger partial charge in [-0.15, -0.1) is 0 Å². The van der Waals surface area contributed by atoms with Crippen LogP contribution in [0.3, 0.4) is 0 Å². The lowest BCUT2D eigenvalue weighted by molar-refractivity contribution is -0.385. The predicted octanol–water partition coefficient (Wildman–Crippen LogP) is 2.08. The molecule has 0 saturated carbocycles. The van der Waals surface area contributed by atoms with E-state index in [1.54, 1.807) is 18.2 Å². The van der Waals surface area contributed by atoms with Crippen molar-refractivity contribution in [3.8, 4) is 11.5 Å². The van der Waals surface area contributed by atoms with Crippen LogP contribution in [0.25, 0.3) is 0 Å². The molecule has 0 aliphatic heterocycles. The second-order valence-electron chi connectivity index (χ2n) is 4.74.